The fraction of sp³-hybridized carbons (Fsp3) is 0.364. The lowest BCUT2D eigenvalue weighted by atomic mass is 9.92. The van der Waals surface area contributed by atoms with Crippen molar-refractivity contribution in [2.24, 2.45) is 11.8 Å². The predicted molar refractivity (Wildman–Crippen MR) is 101 cm³/mol. The molecule has 0 aromatic heterocycles. The lowest BCUT2D eigenvalue weighted by Crippen LogP contribution is -2.44. The lowest BCUT2D eigenvalue weighted by molar-refractivity contribution is -0.136. The maximum atomic E-state index is 12.4. The number of piperidine rings is 1. The minimum absolute atomic E-state index is 0.0211. The van der Waals surface area contributed by atoms with Gasteiger partial charge in [-0.1, -0.05) is 44.2 Å². The summed E-state index contributed by atoms with van der Waals surface area (Å²) >= 11 is 0. The van der Waals surface area contributed by atoms with E-state index in [1.807, 2.05) is 23.1 Å². The van der Waals surface area contributed by atoms with E-state index >= 15 is 0 Å². The average Bonchev–Trinajstić information content (AvgIpc) is 2.66. The Bertz CT molecular complexity index is 745. The normalized spacial score (nSPS) is 19.8. The fourth-order valence-corrected chi connectivity index (χ4v) is 3.56. The molecule has 1 fully saturated rings. The van der Waals surface area contributed by atoms with Crippen LogP contribution in [0, 0.1) is 11.8 Å². The van der Waals surface area contributed by atoms with Gasteiger partial charge in [0, 0.05) is 24.2 Å². The quantitative estimate of drug-likeness (QED) is 0.770. The summed E-state index contributed by atoms with van der Waals surface area (Å²) in [5, 5.41) is 0. The number of likely N-dealkylation sites (tertiary alicyclic amines) is 1. The summed E-state index contributed by atoms with van der Waals surface area (Å²) in [5.74, 6) is 1.66. The van der Waals surface area contributed by atoms with Gasteiger partial charge in [0.2, 0.25) is 0 Å². The Morgan fingerprint density at radius 2 is 1.50 bits per heavy atom. The molecule has 4 nitrogen and oxygen atoms in total. The summed E-state index contributed by atoms with van der Waals surface area (Å²) in [5.41, 5.74) is 1.26. The molecule has 2 aromatic rings. The molecule has 1 aliphatic heterocycles. The van der Waals surface area contributed by atoms with Crippen LogP contribution in [0.2, 0.25) is 0 Å². The first-order chi connectivity index (χ1) is 12.5. The van der Waals surface area contributed by atoms with E-state index in [0.717, 1.165) is 13.1 Å². The third-order valence-electron chi connectivity index (χ3n) is 4.74. The van der Waals surface area contributed by atoms with Crippen molar-refractivity contribution in [2.45, 2.75) is 20.3 Å². The number of ketones is 1. The molecule has 26 heavy (non-hydrogen) atoms. The standard InChI is InChI=1S/C22H25NO3/c1-16-12-17(2)14-23(13-16)21(24)15-26-20-10-8-19(9-11-20)22(25)18-6-4-3-5-7-18/h3-11,16-17H,12-15H2,1-2H3. The predicted octanol–water partition coefficient (Wildman–Crippen LogP) is 3.80. The van der Waals surface area contributed by atoms with Crippen LogP contribution in [0.4, 0.5) is 0 Å². The summed E-state index contributed by atoms with van der Waals surface area (Å²) < 4.78 is 5.63. The van der Waals surface area contributed by atoms with Crippen LogP contribution in [0.15, 0.2) is 54.6 Å². The first-order valence-corrected chi connectivity index (χ1v) is 9.13. The monoisotopic (exact) mass is 351 g/mol. The molecule has 1 saturated heterocycles. The number of ether oxygens (including phenoxy) is 1. The van der Waals surface area contributed by atoms with E-state index in [9.17, 15) is 9.59 Å². The Kier molecular flexibility index (Phi) is 5.71. The summed E-state index contributed by atoms with van der Waals surface area (Å²) in [6, 6.07) is 16.1. The molecular weight excluding hydrogens is 326 g/mol. The van der Waals surface area contributed by atoms with Gasteiger partial charge in [-0.2, -0.15) is 0 Å². The number of benzene rings is 2. The van der Waals surface area contributed by atoms with Gasteiger partial charge in [-0.15, -0.1) is 0 Å². The minimum atomic E-state index is -0.0236. The van der Waals surface area contributed by atoms with Crippen LogP contribution in [0.1, 0.15) is 36.2 Å². The van der Waals surface area contributed by atoms with Gasteiger partial charge in [0.1, 0.15) is 5.75 Å². The van der Waals surface area contributed by atoms with Gasteiger partial charge in [-0.05, 0) is 42.5 Å². The summed E-state index contributed by atoms with van der Waals surface area (Å²) in [6.45, 7) is 6.00. The number of carbonyl (C=O) groups is 2. The summed E-state index contributed by atoms with van der Waals surface area (Å²) in [7, 11) is 0. The van der Waals surface area contributed by atoms with Crippen molar-refractivity contribution in [3.8, 4) is 5.75 Å². The van der Waals surface area contributed by atoms with Crippen molar-refractivity contribution < 1.29 is 14.3 Å². The zero-order chi connectivity index (χ0) is 18.5. The minimum Gasteiger partial charge on any atom is -0.484 e. The number of amides is 1. The van der Waals surface area contributed by atoms with Crippen molar-refractivity contribution in [1.29, 1.82) is 0 Å². The van der Waals surface area contributed by atoms with Gasteiger partial charge in [0.05, 0.1) is 0 Å². The van der Waals surface area contributed by atoms with Crippen molar-refractivity contribution in [3.63, 3.8) is 0 Å². The van der Waals surface area contributed by atoms with E-state index in [2.05, 4.69) is 13.8 Å². The topological polar surface area (TPSA) is 46.6 Å². The Balaban J connectivity index is 1.56. The average molecular weight is 351 g/mol. The van der Waals surface area contributed by atoms with Crippen molar-refractivity contribution in [3.05, 3.63) is 65.7 Å². The van der Waals surface area contributed by atoms with Crippen LogP contribution >= 0.6 is 0 Å². The zero-order valence-electron chi connectivity index (χ0n) is 15.4. The van der Waals surface area contributed by atoms with E-state index in [-0.39, 0.29) is 18.3 Å². The highest BCUT2D eigenvalue weighted by Gasteiger charge is 2.25. The SMILES string of the molecule is CC1CC(C)CN(C(=O)COc2ccc(C(=O)c3ccccc3)cc2)C1. The van der Waals surface area contributed by atoms with Gasteiger partial charge in [0.25, 0.3) is 5.91 Å². The van der Waals surface area contributed by atoms with Crippen LogP contribution in [-0.4, -0.2) is 36.3 Å². The molecule has 0 saturated carbocycles. The molecule has 2 aromatic carbocycles. The van der Waals surface area contributed by atoms with E-state index in [1.165, 1.54) is 6.42 Å². The number of nitrogens with zero attached hydrogens (tertiary/aromatic N) is 1. The lowest BCUT2D eigenvalue weighted by Gasteiger charge is -2.34. The van der Waals surface area contributed by atoms with Gasteiger partial charge >= 0.3 is 0 Å². The second-order valence-corrected chi connectivity index (χ2v) is 7.25. The molecule has 4 heteroatoms. The van der Waals surface area contributed by atoms with Crippen LogP contribution < -0.4 is 4.74 Å². The highest BCUT2D eigenvalue weighted by atomic mass is 16.5. The Morgan fingerprint density at radius 3 is 2.12 bits per heavy atom. The number of carbonyl (C=O) groups excluding carboxylic acids is 2. The number of hydrogen-bond donors (Lipinski definition) is 0. The Hall–Kier alpha value is -2.62. The van der Waals surface area contributed by atoms with E-state index in [4.69, 9.17) is 4.74 Å². The molecule has 0 bridgehead atoms. The summed E-state index contributed by atoms with van der Waals surface area (Å²) in [6.07, 6.45) is 1.17. The Labute approximate surface area is 154 Å². The largest absolute Gasteiger partial charge is 0.484 e. The van der Waals surface area contributed by atoms with Crippen molar-refractivity contribution in [1.82, 2.24) is 4.90 Å². The smallest absolute Gasteiger partial charge is 0.260 e. The third-order valence-corrected chi connectivity index (χ3v) is 4.74. The molecule has 1 amide bonds. The Morgan fingerprint density at radius 1 is 0.923 bits per heavy atom. The highest BCUT2D eigenvalue weighted by Crippen LogP contribution is 2.21. The van der Waals surface area contributed by atoms with Crippen molar-refractivity contribution in [2.75, 3.05) is 19.7 Å². The van der Waals surface area contributed by atoms with Gasteiger partial charge < -0.3 is 9.64 Å². The molecule has 2 unspecified atom stereocenters. The first kappa shape index (κ1) is 18.2. The molecular formula is C22H25NO3. The maximum Gasteiger partial charge on any atom is 0.260 e. The molecule has 136 valence electrons. The third kappa shape index (κ3) is 4.51. The highest BCUT2D eigenvalue weighted by molar-refractivity contribution is 6.08. The van der Waals surface area contributed by atoms with Crippen LogP contribution in [-0.2, 0) is 4.79 Å². The maximum absolute atomic E-state index is 12.4. The molecule has 2 atom stereocenters. The molecule has 0 spiro atoms. The second-order valence-electron chi connectivity index (χ2n) is 7.25. The zero-order valence-corrected chi connectivity index (χ0v) is 15.4. The van der Waals surface area contributed by atoms with Crippen LogP contribution in [0.25, 0.3) is 0 Å². The van der Waals surface area contributed by atoms with E-state index in [1.54, 1.807) is 36.4 Å². The molecule has 1 aliphatic rings. The first-order valence-electron chi connectivity index (χ1n) is 9.13. The van der Waals surface area contributed by atoms with E-state index in [0.29, 0.717) is 28.7 Å². The molecule has 1 heterocycles. The van der Waals surface area contributed by atoms with Gasteiger partial charge in [0.15, 0.2) is 12.4 Å². The van der Waals surface area contributed by atoms with Crippen LogP contribution in [0.3, 0.4) is 0 Å². The summed E-state index contributed by atoms with van der Waals surface area (Å²) in [4.78, 5) is 26.7. The molecule has 0 aliphatic carbocycles. The number of hydrogen-bond acceptors (Lipinski definition) is 3. The van der Waals surface area contributed by atoms with Gasteiger partial charge in [-0.3, -0.25) is 9.59 Å². The second kappa shape index (κ2) is 8.17. The molecule has 3 rings (SSSR count). The molecule has 0 radical (unpaired) electrons. The van der Waals surface area contributed by atoms with Gasteiger partial charge in [-0.25, -0.2) is 0 Å². The molecule has 0 N–H and O–H groups in total. The van der Waals surface area contributed by atoms with Crippen LogP contribution in [0.5, 0.6) is 5.75 Å². The van der Waals surface area contributed by atoms with Crippen molar-refractivity contribution >= 4 is 11.7 Å². The van der Waals surface area contributed by atoms with E-state index < -0.39 is 0 Å². The fourth-order valence-electron chi connectivity index (χ4n) is 3.56. The number of rotatable bonds is 5.